The van der Waals surface area contributed by atoms with Crippen LogP contribution in [0.15, 0.2) is 47.4 Å². The molecule has 1 fully saturated rings. The van der Waals surface area contributed by atoms with E-state index in [1.54, 1.807) is 4.90 Å². The van der Waals surface area contributed by atoms with Crippen molar-refractivity contribution >= 4 is 15.9 Å². The van der Waals surface area contributed by atoms with Crippen molar-refractivity contribution in [2.75, 3.05) is 20.2 Å². The summed E-state index contributed by atoms with van der Waals surface area (Å²) >= 11 is 0. The number of ether oxygens (including phenoxy) is 1. The van der Waals surface area contributed by atoms with Crippen LogP contribution in [-0.4, -0.2) is 39.4 Å². The second-order valence-electron chi connectivity index (χ2n) is 7.59. The van der Waals surface area contributed by atoms with E-state index < -0.39 is 21.8 Å². The number of methoxy groups -OCH3 is 1. The summed E-state index contributed by atoms with van der Waals surface area (Å²) in [6.45, 7) is 0.854. The van der Waals surface area contributed by atoms with Crippen molar-refractivity contribution in [1.29, 1.82) is 0 Å². The number of hydrogen-bond acceptors (Lipinski definition) is 4. The van der Waals surface area contributed by atoms with E-state index in [2.05, 4.69) is 4.72 Å². The van der Waals surface area contributed by atoms with Gasteiger partial charge < -0.3 is 9.64 Å². The maximum atomic E-state index is 13.0. The van der Waals surface area contributed by atoms with E-state index in [-0.39, 0.29) is 34.2 Å². The Kier molecular flexibility index (Phi) is 7.45. The van der Waals surface area contributed by atoms with Gasteiger partial charge >= 0.3 is 6.18 Å². The largest absolute Gasteiger partial charge is 0.496 e. The van der Waals surface area contributed by atoms with Gasteiger partial charge in [-0.25, -0.2) is 13.1 Å². The number of carbonyl (C=O) groups excluding carboxylic acids is 1. The highest BCUT2D eigenvalue weighted by molar-refractivity contribution is 7.89. The second kappa shape index (κ2) is 9.91. The number of amides is 1. The molecule has 174 valence electrons. The lowest BCUT2D eigenvalue weighted by Crippen LogP contribution is -2.32. The number of nitrogens with zero attached hydrogens (tertiary/aromatic N) is 1. The Morgan fingerprint density at radius 3 is 2.38 bits per heavy atom. The summed E-state index contributed by atoms with van der Waals surface area (Å²) in [5.74, 6) is -0.0465. The highest BCUT2D eigenvalue weighted by Gasteiger charge is 2.30. The van der Waals surface area contributed by atoms with Crippen LogP contribution in [0.25, 0.3) is 0 Å². The Bertz CT molecular complexity index is 1060. The fourth-order valence-corrected chi connectivity index (χ4v) is 4.63. The fraction of sp³-hybridized carbons (Fsp3) is 0.409. The number of benzene rings is 2. The number of hydrogen-bond donors (Lipinski definition) is 1. The number of alkyl halides is 3. The fourth-order valence-electron chi connectivity index (χ4n) is 3.58. The first-order valence-corrected chi connectivity index (χ1v) is 11.7. The minimum absolute atomic E-state index is 0.136. The van der Waals surface area contributed by atoms with E-state index in [4.69, 9.17) is 4.74 Å². The zero-order valence-electron chi connectivity index (χ0n) is 17.6. The average Bonchev–Trinajstić information content (AvgIpc) is 3.06. The van der Waals surface area contributed by atoms with Gasteiger partial charge in [0, 0.05) is 19.6 Å². The van der Waals surface area contributed by atoms with Crippen molar-refractivity contribution in [1.82, 2.24) is 9.62 Å². The predicted octanol–water partition coefficient (Wildman–Crippen LogP) is 4.21. The average molecular weight is 471 g/mol. The summed E-state index contributed by atoms with van der Waals surface area (Å²) in [7, 11) is -2.69. The minimum atomic E-state index is -4.52. The van der Waals surface area contributed by atoms with Crippen LogP contribution in [0.1, 0.15) is 47.2 Å². The van der Waals surface area contributed by atoms with Crippen molar-refractivity contribution in [3.8, 4) is 5.75 Å². The Labute approximate surface area is 185 Å². The Morgan fingerprint density at radius 1 is 1.06 bits per heavy atom. The summed E-state index contributed by atoms with van der Waals surface area (Å²) in [4.78, 5) is 14.6. The van der Waals surface area contributed by atoms with Gasteiger partial charge in [0.05, 0.1) is 23.1 Å². The number of sulfonamides is 1. The Morgan fingerprint density at radius 2 is 1.75 bits per heavy atom. The Hall–Kier alpha value is -2.59. The van der Waals surface area contributed by atoms with Gasteiger partial charge in [-0.3, -0.25) is 4.79 Å². The lowest BCUT2D eigenvalue weighted by atomic mass is 10.1. The van der Waals surface area contributed by atoms with Crippen LogP contribution < -0.4 is 9.46 Å². The molecule has 1 aliphatic heterocycles. The van der Waals surface area contributed by atoms with E-state index in [0.29, 0.717) is 13.1 Å². The molecule has 0 radical (unpaired) electrons. The first kappa shape index (κ1) is 24.1. The van der Waals surface area contributed by atoms with Crippen molar-refractivity contribution < 1.29 is 31.1 Å². The van der Waals surface area contributed by atoms with Crippen LogP contribution in [0.4, 0.5) is 13.2 Å². The number of nitrogens with one attached hydrogen (secondary N) is 1. The van der Waals surface area contributed by atoms with Gasteiger partial charge in [-0.15, -0.1) is 0 Å². The first-order chi connectivity index (χ1) is 15.1. The first-order valence-electron chi connectivity index (χ1n) is 10.2. The maximum absolute atomic E-state index is 13.0. The standard InChI is InChI=1S/C22H25F3N2O4S/c1-31-20-10-9-18(14-19(20)21(28)27-11-4-2-3-5-12-27)32(29,30)26-15-16-7-6-8-17(13-16)22(23,24)25/h6-10,13-14,26H,2-5,11-12,15H2,1H3. The molecule has 32 heavy (non-hydrogen) atoms. The number of likely N-dealkylation sites (tertiary alicyclic amines) is 1. The molecule has 1 heterocycles. The van der Waals surface area contributed by atoms with Gasteiger partial charge in [0.15, 0.2) is 0 Å². The van der Waals surface area contributed by atoms with Crippen LogP contribution in [0.5, 0.6) is 5.75 Å². The highest BCUT2D eigenvalue weighted by atomic mass is 32.2. The van der Waals surface area contributed by atoms with Gasteiger partial charge in [-0.2, -0.15) is 13.2 Å². The lowest BCUT2D eigenvalue weighted by molar-refractivity contribution is -0.137. The van der Waals surface area contributed by atoms with Crippen LogP contribution in [0.3, 0.4) is 0 Å². The smallest absolute Gasteiger partial charge is 0.416 e. The van der Waals surface area contributed by atoms with Crippen LogP contribution >= 0.6 is 0 Å². The Balaban J connectivity index is 1.82. The third-order valence-corrected chi connectivity index (χ3v) is 6.72. The third-order valence-electron chi connectivity index (χ3n) is 5.33. The number of halogens is 3. The topological polar surface area (TPSA) is 75.7 Å². The van der Waals surface area contributed by atoms with Gasteiger partial charge in [0.25, 0.3) is 5.91 Å². The summed E-state index contributed by atoms with van der Waals surface area (Å²) in [6, 6.07) is 8.39. The number of carbonyl (C=O) groups is 1. The molecule has 0 spiro atoms. The summed E-state index contributed by atoms with van der Waals surface area (Å²) < 4.78 is 71.8. The van der Waals surface area contributed by atoms with Crippen molar-refractivity contribution in [3.63, 3.8) is 0 Å². The molecule has 2 aromatic rings. The van der Waals surface area contributed by atoms with E-state index in [1.807, 2.05) is 0 Å². The molecule has 1 aliphatic rings. The van der Waals surface area contributed by atoms with Gasteiger partial charge in [0.1, 0.15) is 5.75 Å². The summed E-state index contributed by atoms with van der Waals surface area (Å²) in [5, 5.41) is 0. The number of rotatable bonds is 6. The molecule has 0 unspecified atom stereocenters. The van der Waals surface area contributed by atoms with Gasteiger partial charge in [-0.05, 0) is 42.7 Å². The quantitative estimate of drug-likeness (QED) is 0.686. The van der Waals surface area contributed by atoms with E-state index in [9.17, 15) is 26.4 Å². The minimum Gasteiger partial charge on any atom is -0.496 e. The van der Waals surface area contributed by atoms with Crippen molar-refractivity contribution in [2.45, 2.75) is 43.3 Å². The second-order valence-corrected chi connectivity index (χ2v) is 9.36. The van der Waals surface area contributed by atoms with Crippen molar-refractivity contribution in [2.24, 2.45) is 0 Å². The molecule has 3 rings (SSSR count). The van der Waals surface area contributed by atoms with E-state index in [1.165, 1.54) is 37.4 Å². The molecule has 10 heteroatoms. The van der Waals surface area contributed by atoms with Crippen LogP contribution in [0.2, 0.25) is 0 Å². The lowest BCUT2D eigenvalue weighted by Gasteiger charge is -2.22. The van der Waals surface area contributed by atoms with Crippen LogP contribution in [-0.2, 0) is 22.7 Å². The predicted molar refractivity (Wildman–Crippen MR) is 113 cm³/mol. The SMILES string of the molecule is COc1ccc(S(=O)(=O)NCc2cccc(C(F)(F)F)c2)cc1C(=O)N1CCCCCC1. The molecular weight excluding hydrogens is 445 g/mol. The summed E-state index contributed by atoms with van der Waals surface area (Å²) in [6.07, 6.45) is -0.688. The molecule has 0 saturated carbocycles. The highest BCUT2D eigenvalue weighted by Crippen LogP contribution is 2.30. The van der Waals surface area contributed by atoms with E-state index in [0.717, 1.165) is 37.8 Å². The zero-order chi connectivity index (χ0) is 23.4. The molecule has 0 aliphatic carbocycles. The molecule has 0 atom stereocenters. The van der Waals surface area contributed by atoms with E-state index >= 15 is 0 Å². The zero-order valence-corrected chi connectivity index (χ0v) is 18.4. The molecule has 0 aromatic heterocycles. The maximum Gasteiger partial charge on any atom is 0.416 e. The summed E-state index contributed by atoms with van der Waals surface area (Å²) in [5.41, 5.74) is -0.557. The molecular formula is C22H25F3N2O4S. The molecule has 1 saturated heterocycles. The van der Waals surface area contributed by atoms with Crippen LogP contribution in [0, 0.1) is 0 Å². The normalized spacial score (nSPS) is 15.3. The van der Waals surface area contributed by atoms with Crippen molar-refractivity contribution in [3.05, 3.63) is 59.2 Å². The van der Waals surface area contributed by atoms with Gasteiger partial charge in [0.2, 0.25) is 10.0 Å². The molecule has 1 amide bonds. The van der Waals surface area contributed by atoms with Gasteiger partial charge in [-0.1, -0.05) is 31.0 Å². The third kappa shape index (κ3) is 5.80. The molecule has 6 nitrogen and oxygen atoms in total. The molecule has 2 aromatic carbocycles. The monoisotopic (exact) mass is 470 g/mol. The molecule has 0 bridgehead atoms. The molecule has 1 N–H and O–H groups in total.